The summed E-state index contributed by atoms with van der Waals surface area (Å²) in [4.78, 5) is 0. The molecule has 0 aromatic heterocycles. The monoisotopic (exact) mass is 257 g/mol. The van der Waals surface area contributed by atoms with Gasteiger partial charge >= 0.3 is 0 Å². The lowest BCUT2D eigenvalue weighted by Gasteiger charge is -2.21. The van der Waals surface area contributed by atoms with Gasteiger partial charge in [-0.2, -0.15) is 11.8 Å². The number of nitrogens with one attached hydrogen (secondary N) is 1. The van der Waals surface area contributed by atoms with Gasteiger partial charge in [-0.3, -0.25) is 0 Å². The smallest absolute Gasteiger partial charge is 0.00670 e. The van der Waals surface area contributed by atoms with E-state index >= 15 is 0 Å². The van der Waals surface area contributed by atoms with Crippen LogP contribution >= 0.6 is 11.8 Å². The zero-order valence-corrected chi connectivity index (χ0v) is 12.5. The van der Waals surface area contributed by atoms with E-state index < -0.39 is 0 Å². The van der Waals surface area contributed by atoms with Gasteiger partial charge in [0, 0.05) is 6.04 Å². The Labute approximate surface area is 113 Å². The molecular weight excluding hydrogens is 226 g/mol. The van der Waals surface area contributed by atoms with Crippen LogP contribution in [0.15, 0.2) is 0 Å². The molecule has 0 radical (unpaired) electrons. The van der Waals surface area contributed by atoms with Crippen LogP contribution in [0.5, 0.6) is 0 Å². The van der Waals surface area contributed by atoms with Crippen LogP contribution in [0.2, 0.25) is 0 Å². The van der Waals surface area contributed by atoms with E-state index in [9.17, 15) is 0 Å². The number of thioether (sulfide) groups is 1. The van der Waals surface area contributed by atoms with Crippen LogP contribution in [0.25, 0.3) is 0 Å². The van der Waals surface area contributed by atoms with E-state index in [-0.39, 0.29) is 0 Å². The highest BCUT2D eigenvalue weighted by molar-refractivity contribution is 7.98. The molecule has 17 heavy (non-hydrogen) atoms. The Morgan fingerprint density at radius 3 is 2.24 bits per heavy atom. The second-order valence-electron chi connectivity index (χ2n) is 5.40. The predicted molar refractivity (Wildman–Crippen MR) is 81.0 cm³/mol. The van der Waals surface area contributed by atoms with Crippen molar-refractivity contribution in [1.82, 2.24) is 5.32 Å². The summed E-state index contributed by atoms with van der Waals surface area (Å²) in [5.74, 6) is 1.34. The number of unbranched alkanes of at least 4 members (excludes halogenated alkanes) is 3. The van der Waals surface area contributed by atoms with Crippen molar-refractivity contribution in [2.24, 2.45) is 0 Å². The van der Waals surface area contributed by atoms with E-state index in [1.54, 1.807) is 0 Å². The standard InChI is InChI=1S/C15H31NS/c1-17-14-10-6-5-9-13-16-15-11-7-3-2-4-8-12-15/h15-16H,2-14H2,1H3. The van der Waals surface area contributed by atoms with Crippen LogP contribution in [0.3, 0.4) is 0 Å². The molecule has 0 bridgehead atoms. The van der Waals surface area contributed by atoms with Crippen molar-refractivity contribution >= 4 is 11.8 Å². The lowest BCUT2D eigenvalue weighted by molar-refractivity contribution is 0.386. The first-order valence-corrected chi connectivity index (χ1v) is 9.05. The molecule has 1 saturated carbocycles. The molecule has 1 N–H and O–H groups in total. The molecule has 0 aromatic rings. The summed E-state index contributed by atoms with van der Waals surface area (Å²) in [6, 6.07) is 0.835. The molecule has 1 nitrogen and oxygen atoms in total. The lowest BCUT2D eigenvalue weighted by atomic mass is 9.96. The van der Waals surface area contributed by atoms with Crippen molar-refractivity contribution in [3.63, 3.8) is 0 Å². The molecule has 1 aliphatic carbocycles. The Balaban J connectivity index is 1.90. The van der Waals surface area contributed by atoms with Crippen LogP contribution in [0.1, 0.15) is 70.6 Å². The van der Waals surface area contributed by atoms with Crippen molar-refractivity contribution < 1.29 is 0 Å². The maximum Gasteiger partial charge on any atom is 0.00670 e. The SMILES string of the molecule is CSCCCCCCNC1CCCCCCC1. The van der Waals surface area contributed by atoms with E-state index in [4.69, 9.17) is 0 Å². The Bertz CT molecular complexity index is 153. The molecule has 2 heteroatoms. The Kier molecular flexibility index (Phi) is 10.3. The van der Waals surface area contributed by atoms with Gasteiger partial charge in [0.2, 0.25) is 0 Å². The second-order valence-corrected chi connectivity index (χ2v) is 6.39. The minimum Gasteiger partial charge on any atom is -0.314 e. The average Bonchev–Trinajstić information content (AvgIpc) is 2.30. The topological polar surface area (TPSA) is 12.0 Å². The zero-order valence-electron chi connectivity index (χ0n) is 11.7. The van der Waals surface area contributed by atoms with Crippen molar-refractivity contribution in [2.75, 3.05) is 18.6 Å². The quantitative estimate of drug-likeness (QED) is 0.637. The second kappa shape index (κ2) is 11.4. The molecule has 1 rings (SSSR count). The molecule has 0 heterocycles. The van der Waals surface area contributed by atoms with Gasteiger partial charge in [0.25, 0.3) is 0 Å². The number of hydrogen-bond acceptors (Lipinski definition) is 2. The van der Waals surface area contributed by atoms with Gasteiger partial charge in [-0.15, -0.1) is 0 Å². The third-order valence-electron chi connectivity index (χ3n) is 3.81. The predicted octanol–water partition coefficient (Wildman–Crippen LogP) is 4.61. The zero-order chi connectivity index (χ0) is 12.2. The van der Waals surface area contributed by atoms with Crippen LogP contribution < -0.4 is 5.32 Å². The minimum atomic E-state index is 0.835. The highest BCUT2D eigenvalue weighted by Gasteiger charge is 2.09. The van der Waals surface area contributed by atoms with E-state index in [2.05, 4.69) is 11.6 Å². The fourth-order valence-electron chi connectivity index (χ4n) is 2.69. The summed E-state index contributed by atoms with van der Waals surface area (Å²) in [5, 5.41) is 3.78. The first-order chi connectivity index (χ1) is 8.43. The maximum absolute atomic E-state index is 3.78. The fourth-order valence-corrected chi connectivity index (χ4v) is 3.18. The van der Waals surface area contributed by atoms with Crippen LogP contribution in [-0.4, -0.2) is 24.6 Å². The van der Waals surface area contributed by atoms with Gasteiger partial charge in [-0.1, -0.05) is 44.9 Å². The van der Waals surface area contributed by atoms with Crippen molar-refractivity contribution in [1.29, 1.82) is 0 Å². The maximum atomic E-state index is 3.78. The summed E-state index contributed by atoms with van der Waals surface area (Å²) in [7, 11) is 0. The molecule has 0 amide bonds. The first kappa shape index (κ1) is 15.4. The molecular formula is C15H31NS. The fraction of sp³-hybridized carbons (Fsp3) is 1.00. The van der Waals surface area contributed by atoms with E-state index in [1.807, 2.05) is 11.8 Å². The highest BCUT2D eigenvalue weighted by Crippen LogP contribution is 2.17. The van der Waals surface area contributed by atoms with Gasteiger partial charge in [-0.05, 0) is 44.2 Å². The highest BCUT2D eigenvalue weighted by atomic mass is 32.2. The molecule has 0 saturated heterocycles. The van der Waals surface area contributed by atoms with Crippen molar-refractivity contribution in [2.45, 2.75) is 76.7 Å². The molecule has 1 fully saturated rings. The third-order valence-corrected chi connectivity index (χ3v) is 4.51. The van der Waals surface area contributed by atoms with Crippen molar-refractivity contribution in [3.8, 4) is 0 Å². The molecule has 1 aliphatic rings. The molecule has 0 unspecified atom stereocenters. The van der Waals surface area contributed by atoms with Crippen molar-refractivity contribution in [3.05, 3.63) is 0 Å². The summed E-state index contributed by atoms with van der Waals surface area (Å²) >= 11 is 1.98. The lowest BCUT2D eigenvalue weighted by Crippen LogP contribution is -2.30. The Hall–Kier alpha value is 0.310. The minimum absolute atomic E-state index is 0.835. The van der Waals surface area contributed by atoms with Crippen LogP contribution in [0.4, 0.5) is 0 Å². The first-order valence-electron chi connectivity index (χ1n) is 7.66. The summed E-state index contributed by atoms with van der Waals surface area (Å²) in [6.45, 7) is 1.25. The molecule has 0 atom stereocenters. The summed E-state index contributed by atoms with van der Waals surface area (Å²) < 4.78 is 0. The molecule has 102 valence electrons. The van der Waals surface area contributed by atoms with Gasteiger partial charge < -0.3 is 5.32 Å². The third kappa shape index (κ3) is 8.96. The summed E-state index contributed by atoms with van der Waals surface area (Å²) in [5.41, 5.74) is 0. The molecule has 0 aromatic carbocycles. The Morgan fingerprint density at radius 1 is 0.882 bits per heavy atom. The Morgan fingerprint density at radius 2 is 1.53 bits per heavy atom. The summed E-state index contributed by atoms with van der Waals surface area (Å²) in [6.07, 6.45) is 18.0. The van der Waals surface area contributed by atoms with Gasteiger partial charge in [-0.25, -0.2) is 0 Å². The number of hydrogen-bond donors (Lipinski definition) is 1. The number of rotatable bonds is 8. The molecule has 0 spiro atoms. The largest absolute Gasteiger partial charge is 0.314 e. The van der Waals surface area contributed by atoms with Gasteiger partial charge in [0.1, 0.15) is 0 Å². The molecule has 0 aliphatic heterocycles. The normalized spacial score (nSPS) is 18.9. The average molecular weight is 257 g/mol. The van der Waals surface area contributed by atoms with E-state index in [0.717, 1.165) is 6.04 Å². The van der Waals surface area contributed by atoms with E-state index in [0.29, 0.717) is 0 Å². The van der Waals surface area contributed by atoms with Gasteiger partial charge in [0.05, 0.1) is 0 Å². The van der Waals surface area contributed by atoms with E-state index in [1.165, 1.54) is 82.9 Å². The van der Waals surface area contributed by atoms with Crippen LogP contribution in [-0.2, 0) is 0 Å². The van der Waals surface area contributed by atoms with Crippen LogP contribution in [0, 0.1) is 0 Å². The van der Waals surface area contributed by atoms with Gasteiger partial charge in [0.15, 0.2) is 0 Å².